The normalized spacial score (nSPS) is 19.4. The third-order valence-corrected chi connectivity index (χ3v) is 17.4. The molecule has 3 unspecified atom stereocenters. The van der Waals surface area contributed by atoms with Gasteiger partial charge in [-0.25, -0.2) is 4.79 Å². The number of H-pyrrole nitrogens is 1. The number of hydrogen-bond donors (Lipinski definition) is 5. The van der Waals surface area contributed by atoms with Crippen molar-refractivity contribution in [3.8, 4) is 11.8 Å². The number of nitrogens with zero attached hydrogens (tertiary/aromatic N) is 3. The Kier molecular flexibility index (Phi) is 19.6. The zero-order valence-corrected chi connectivity index (χ0v) is 45.9. The van der Waals surface area contributed by atoms with Gasteiger partial charge < -0.3 is 25.0 Å². The van der Waals surface area contributed by atoms with Crippen molar-refractivity contribution in [1.29, 1.82) is 0 Å². The van der Waals surface area contributed by atoms with Crippen LogP contribution in [0.1, 0.15) is 109 Å². The number of nitrogens with one attached hydrogen (secondary N) is 3. The minimum atomic E-state index is -4.46. The van der Waals surface area contributed by atoms with Gasteiger partial charge in [-0.1, -0.05) is 66.4 Å². The van der Waals surface area contributed by atoms with Crippen molar-refractivity contribution in [2.24, 2.45) is 0 Å². The zero-order valence-electron chi connectivity index (χ0n) is 42.6. The standard InChI is InChI=1S/C52H66N6O12S4/c1-8-28-69-43-33-48(70-42(43)9-2)58-34-35(49(61)55-50(58)62)16-15-25-53-47(60)24-29-71-72-30-26-54-46(59)19-12-11-13-27-57-41-23-21-37(74(66,67)68)32-39(41)52(6,7)45(57)18-14-17-44-51(4,5)38-31-36(73(63,64)65)20-22-40(38)56(44)10-3/h8,14,17-18,20-23,31-32,34,42-43,48H,1,9-13,19,24-30,33H2,2-7H3,(H4-,53,54,55,59,60,61,62,63,64,65,66,67,68)/p+1. The van der Waals surface area contributed by atoms with E-state index in [4.69, 9.17) is 9.47 Å². The fourth-order valence-corrected chi connectivity index (χ4v) is 12.4. The molecule has 5 N–H and O–H groups in total. The molecule has 0 radical (unpaired) electrons. The van der Waals surface area contributed by atoms with Crippen LogP contribution in [0, 0.1) is 11.8 Å². The van der Waals surface area contributed by atoms with Crippen LogP contribution in [0.4, 0.5) is 11.4 Å². The van der Waals surface area contributed by atoms with Crippen LogP contribution >= 0.6 is 21.6 Å². The fraction of sp³-hybridized carbons (Fsp3) is 0.481. The maximum atomic E-state index is 12.7. The van der Waals surface area contributed by atoms with E-state index in [1.165, 1.54) is 45.8 Å². The lowest BCUT2D eigenvalue weighted by molar-refractivity contribution is -0.438. The molecule has 18 nitrogen and oxygen atoms in total. The molecule has 0 bridgehead atoms. The van der Waals surface area contributed by atoms with Gasteiger partial charge in [-0.3, -0.25) is 33.0 Å². The van der Waals surface area contributed by atoms with Crippen molar-refractivity contribution in [2.75, 3.05) is 49.2 Å². The third-order valence-electron chi connectivity index (χ3n) is 13.3. The number of amides is 2. The number of ether oxygens (including phenoxy) is 2. The van der Waals surface area contributed by atoms with Crippen LogP contribution in [0.2, 0.25) is 0 Å². The zero-order chi connectivity index (χ0) is 54.0. The summed E-state index contributed by atoms with van der Waals surface area (Å²) in [7, 11) is -5.80. The smallest absolute Gasteiger partial charge is 0.330 e. The average Bonchev–Trinajstić information content (AvgIpc) is 3.92. The molecule has 2 amide bonds. The van der Waals surface area contributed by atoms with Gasteiger partial charge in [0, 0.05) is 91.0 Å². The van der Waals surface area contributed by atoms with E-state index in [1.807, 2.05) is 59.8 Å². The number of unbranched alkanes of at least 4 members (excludes halogenated alkanes) is 2. The molecule has 74 heavy (non-hydrogen) atoms. The van der Waals surface area contributed by atoms with Crippen LogP contribution in [0.15, 0.2) is 98.6 Å². The Morgan fingerprint density at radius 2 is 1.64 bits per heavy atom. The van der Waals surface area contributed by atoms with Crippen molar-refractivity contribution in [2.45, 2.75) is 126 Å². The predicted octanol–water partition coefficient (Wildman–Crippen LogP) is 6.55. The number of aromatic nitrogens is 2. The first-order valence-corrected chi connectivity index (χ1v) is 29.9. The van der Waals surface area contributed by atoms with Crippen LogP contribution in [0.25, 0.3) is 0 Å². The van der Waals surface area contributed by atoms with Gasteiger partial charge in [-0.2, -0.15) is 21.4 Å². The molecule has 3 aliphatic heterocycles. The SMILES string of the molecule is C=CCOC1CC(n2cc(C#CCNC(=O)CCSSCCNC(=O)CCCCC[N+]3=C(/C=C/C=C4/N(CC)c5ccc(S(=O)(=O)O)cc5C4(C)C)C(C)(C)c4cc(S(=O)(=O)O)ccc43)c(=O)[nH]c2=O)OC1CC. The Bertz CT molecular complexity index is 3110. The summed E-state index contributed by atoms with van der Waals surface area (Å²) in [5.41, 5.74) is 2.57. The quantitative estimate of drug-likeness (QED) is 0.0159. The van der Waals surface area contributed by atoms with Gasteiger partial charge >= 0.3 is 5.69 Å². The Morgan fingerprint density at radius 1 is 0.946 bits per heavy atom. The predicted molar refractivity (Wildman–Crippen MR) is 290 cm³/mol. The van der Waals surface area contributed by atoms with Crippen molar-refractivity contribution < 1.29 is 49.6 Å². The molecule has 0 aliphatic carbocycles. The summed E-state index contributed by atoms with van der Waals surface area (Å²) in [5.74, 6) is 6.44. The van der Waals surface area contributed by atoms with Crippen LogP contribution < -0.4 is 26.8 Å². The van der Waals surface area contributed by atoms with Gasteiger partial charge in [0.2, 0.25) is 17.5 Å². The van der Waals surface area contributed by atoms with Crippen LogP contribution in [0.5, 0.6) is 0 Å². The van der Waals surface area contributed by atoms with Crippen molar-refractivity contribution in [3.63, 3.8) is 0 Å². The number of benzene rings is 2. The lowest BCUT2D eigenvalue weighted by atomic mass is 9.81. The Hall–Kier alpha value is -5.25. The van der Waals surface area contributed by atoms with E-state index in [1.54, 1.807) is 29.0 Å². The number of rotatable bonds is 24. The summed E-state index contributed by atoms with van der Waals surface area (Å²) in [6.07, 6.45) is 11.7. The van der Waals surface area contributed by atoms with Crippen molar-refractivity contribution >= 4 is 70.7 Å². The van der Waals surface area contributed by atoms with Crippen LogP contribution in [-0.2, 0) is 50.1 Å². The Balaban J connectivity index is 0.938. The summed E-state index contributed by atoms with van der Waals surface area (Å²) in [4.78, 5) is 54.3. The molecule has 1 saturated heterocycles. The first-order chi connectivity index (χ1) is 35.0. The molecule has 1 aromatic heterocycles. The molecule has 1 fully saturated rings. The lowest BCUT2D eigenvalue weighted by Gasteiger charge is -2.25. The van der Waals surface area contributed by atoms with Crippen molar-refractivity contribution in [1.82, 2.24) is 20.2 Å². The number of aromatic amines is 1. The van der Waals surface area contributed by atoms with E-state index in [-0.39, 0.29) is 52.3 Å². The lowest BCUT2D eigenvalue weighted by Crippen LogP contribution is -2.33. The molecule has 3 aromatic rings. The summed E-state index contributed by atoms with van der Waals surface area (Å²) in [6, 6.07) is 9.24. The minimum absolute atomic E-state index is 0.0133. The number of carbonyl (C=O) groups excluding carboxylic acids is 2. The first-order valence-electron chi connectivity index (χ1n) is 24.6. The highest BCUT2D eigenvalue weighted by Crippen LogP contribution is 2.48. The van der Waals surface area contributed by atoms with Gasteiger partial charge in [0.05, 0.1) is 40.6 Å². The van der Waals surface area contributed by atoms with Crippen molar-refractivity contribution in [3.05, 3.63) is 117 Å². The molecule has 3 aliphatic rings. The van der Waals surface area contributed by atoms with Crippen LogP contribution in [0.3, 0.4) is 0 Å². The molecular formula is C52H67N6O12S4+. The largest absolute Gasteiger partial charge is 0.371 e. The second-order valence-electron chi connectivity index (χ2n) is 19.0. The second-order valence-corrected chi connectivity index (χ2v) is 24.6. The van der Waals surface area contributed by atoms with E-state index < -0.39 is 48.5 Å². The number of carbonyl (C=O) groups is 2. The molecule has 0 spiro atoms. The number of allylic oxidation sites excluding steroid dienone is 4. The van der Waals surface area contributed by atoms with E-state index in [9.17, 15) is 45.1 Å². The maximum Gasteiger partial charge on any atom is 0.330 e. The highest BCUT2D eigenvalue weighted by Gasteiger charge is 2.45. The summed E-state index contributed by atoms with van der Waals surface area (Å²) in [5, 5.41) is 5.68. The number of fused-ring (bicyclic) bond motifs is 2. The van der Waals surface area contributed by atoms with E-state index >= 15 is 0 Å². The van der Waals surface area contributed by atoms with Crippen LogP contribution in [-0.4, -0.2) is 114 Å². The van der Waals surface area contributed by atoms with Gasteiger partial charge in [0.25, 0.3) is 25.8 Å². The summed E-state index contributed by atoms with van der Waals surface area (Å²) >= 11 is 0. The molecule has 0 saturated carbocycles. The molecule has 22 heteroatoms. The second kappa shape index (κ2) is 25.1. The minimum Gasteiger partial charge on any atom is -0.371 e. The number of anilines is 1. The highest BCUT2D eigenvalue weighted by atomic mass is 33.1. The Labute approximate surface area is 441 Å². The molecule has 6 rings (SSSR count). The molecule has 400 valence electrons. The van der Waals surface area contributed by atoms with Gasteiger partial charge in [0.1, 0.15) is 18.3 Å². The highest BCUT2D eigenvalue weighted by molar-refractivity contribution is 8.76. The van der Waals surface area contributed by atoms with Gasteiger partial charge in [-0.15, -0.1) is 6.58 Å². The van der Waals surface area contributed by atoms with E-state index in [0.717, 1.165) is 46.8 Å². The van der Waals surface area contributed by atoms with E-state index in [2.05, 4.69) is 43.5 Å². The fourth-order valence-electron chi connectivity index (χ4n) is 9.51. The van der Waals surface area contributed by atoms with Gasteiger partial charge in [0.15, 0.2) is 5.71 Å². The molecule has 2 aromatic carbocycles. The Morgan fingerprint density at radius 3 is 2.32 bits per heavy atom. The third kappa shape index (κ3) is 14.0. The molecule has 3 atom stereocenters. The summed E-state index contributed by atoms with van der Waals surface area (Å²) < 4.78 is 83.4. The number of hydrogen-bond acceptors (Lipinski definition) is 13. The van der Waals surface area contributed by atoms with Gasteiger partial charge in [-0.05, 0) is 82.0 Å². The monoisotopic (exact) mass is 1100 g/mol. The van der Waals surface area contributed by atoms with E-state index in [0.29, 0.717) is 63.4 Å². The molecule has 4 heterocycles. The topological polar surface area (TPSA) is 247 Å². The average molecular weight is 1100 g/mol. The first kappa shape index (κ1) is 58.0. The maximum absolute atomic E-state index is 12.7. The summed E-state index contributed by atoms with van der Waals surface area (Å²) in [6.45, 7) is 17.7. The number of likely N-dealkylation sites (N-methyl/N-ethyl adjacent to an activating group) is 1. The molecular weight excluding hydrogens is 1030 g/mol.